The SMILES string of the molecule is CC1(C)OB(C2=CC=CC#CC2)OC1(C)C. The summed E-state index contributed by atoms with van der Waals surface area (Å²) in [6.07, 6.45) is 6.53. The first kappa shape index (κ1) is 11.5. The van der Waals surface area contributed by atoms with E-state index >= 15 is 0 Å². The van der Waals surface area contributed by atoms with E-state index in [-0.39, 0.29) is 18.3 Å². The van der Waals surface area contributed by atoms with Crippen molar-refractivity contribution in [2.45, 2.75) is 45.3 Å². The summed E-state index contributed by atoms with van der Waals surface area (Å²) in [5.41, 5.74) is 0.545. The Labute approximate surface area is 97.8 Å². The summed E-state index contributed by atoms with van der Waals surface area (Å²) in [6.45, 7) is 8.25. The predicted octanol–water partition coefficient (Wildman–Crippen LogP) is 2.51. The van der Waals surface area contributed by atoms with E-state index in [2.05, 4.69) is 39.5 Å². The lowest BCUT2D eigenvalue weighted by Gasteiger charge is -2.32. The Morgan fingerprint density at radius 3 is 2.44 bits per heavy atom. The van der Waals surface area contributed by atoms with Gasteiger partial charge in [0.25, 0.3) is 0 Å². The first-order valence-electron chi connectivity index (χ1n) is 5.62. The van der Waals surface area contributed by atoms with Crippen LogP contribution in [-0.4, -0.2) is 18.3 Å². The minimum absolute atomic E-state index is 0.262. The van der Waals surface area contributed by atoms with E-state index in [1.807, 2.05) is 18.2 Å². The van der Waals surface area contributed by atoms with Gasteiger partial charge in [-0.3, -0.25) is 0 Å². The van der Waals surface area contributed by atoms with Gasteiger partial charge in [0.15, 0.2) is 0 Å². The molecule has 1 heterocycles. The minimum Gasteiger partial charge on any atom is -0.400 e. The second-order valence-corrected chi connectivity index (χ2v) is 5.19. The summed E-state index contributed by atoms with van der Waals surface area (Å²) in [5, 5.41) is 0. The molecule has 2 rings (SSSR count). The van der Waals surface area contributed by atoms with Crippen LogP contribution in [0.3, 0.4) is 0 Å². The van der Waals surface area contributed by atoms with Crippen molar-refractivity contribution in [3.05, 3.63) is 23.7 Å². The smallest absolute Gasteiger partial charge is 0.400 e. The third-order valence-electron chi connectivity index (χ3n) is 3.44. The number of allylic oxidation sites excluding steroid dienone is 4. The largest absolute Gasteiger partial charge is 0.491 e. The zero-order valence-corrected chi connectivity index (χ0v) is 10.3. The van der Waals surface area contributed by atoms with E-state index < -0.39 is 0 Å². The molecule has 2 aliphatic rings. The van der Waals surface area contributed by atoms with Crippen molar-refractivity contribution in [3.8, 4) is 11.8 Å². The lowest BCUT2D eigenvalue weighted by molar-refractivity contribution is 0.00578. The monoisotopic (exact) mass is 216 g/mol. The molecule has 1 aliphatic carbocycles. The van der Waals surface area contributed by atoms with Crippen molar-refractivity contribution >= 4 is 7.12 Å². The Bertz CT molecular complexity index is 391. The highest BCUT2D eigenvalue weighted by Gasteiger charge is 2.52. The van der Waals surface area contributed by atoms with Crippen molar-refractivity contribution in [1.29, 1.82) is 0 Å². The highest BCUT2D eigenvalue weighted by Crippen LogP contribution is 2.39. The van der Waals surface area contributed by atoms with Crippen molar-refractivity contribution in [1.82, 2.24) is 0 Å². The summed E-state index contributed by atoms with van der Waals surface area (Å²) in [4.78, 5) is 0. The molecular weight excluding hydrogens is 199 g/mol. The number of hydrogen-bond acceptors (Lipinski definition) is 2. The maximum atomic E-state index is 5.97. The van der Waals surface area contributed by atoms with Gasteiger partial charge in [-0.05, 0) is 39.2 Å². The molecule has 1 saturated heterocycles. The van der Waals surface area contributed by atoms with Gasteiger partial charge in [0.1, 0.15) is 0 Å². The highest BCUT2D eigenvalue weighted by atomic mass is 16.7. The fourth-order valence-corrected chi connectivity index (χ4v) is 1.65. The van der Waals surface area contributed by atoms with Crippen LogP contribution in [0, 0.1) is 11.8 Å². The molecular formula is C13H17BO2. The quantitative estimate of drug-likeness (QED) is 0.495. The Morgan fingerprint density at radius 2 is 1.81 bits per heavy atom. The zero-order chi connectivity index (χ0) is 11.8. The molecule has 2 nitrogen and oxygen atoms in total. The molecule has 0 amide bonds. The van der Waals surface area contributed by atoms with Crippen LogP contribution >= 0.6 is 0 Å². The molecule has 0 atom stereocenters. The Morgan fingerprint density at radius 1 is 1.19 bits per heavy atom. The Hall–Kier alpha value is -0.975. The second-order valence-electron chi connectivity index (χ2n) is 5.19. The van der Waals surface area contributed by atoms with Crippen molar-refractivity contribution < 1.29 is 9.31 Å². The number of rotatable bonds is 1. The highest BCUT2D eigenvalue weighted by molar-refractivity contribution is 6.54. The van der Waals surface area contributed by atoms with E-state index in [4.69, 9.17) is 9.31 Å². The summed E-state index contributed by atoms with van der Waals surface area (Å²) >= 11 is 0. The first-order chi connectivity index (χ1) is 7.42. The van der Waals surface area contributed by atoms with Crippen molar-refractivity contribution in [2.75, 3.05) is 0 Å². The van der Waals surface area contributed by atoms with Gasteiger partial charge in [-0.25, -0.2) is 0 Å². The fraction of sp³-hybridized carbons (Fsp3) is 0.538. The average Bonchev–Trinajstić information content (AvgIpc) is 2.42. The van der Waals surface area contributed by atoms with Crippen LogP contribution in [0.4, 0.5) is 0 Å². The van der Waals surface area contributed by atoms with E-state index in [9.17, 15) is 0 Å². The van der Waals surface area contributed by atoms with E-state index in [1.165, 1.54) is 0 Å². The molecule has 16 heavy (non-hydrogen) atoms. The Kier molecular flexibility index (Phi) is 2.73. The van der Waals surface area contributed by atoms with Crippen LogP contribution < -0.4 is 0 Å². The molecule has 0 unspecified atom stereocenters. The van der Waals surface area contributed by atoms with Gasteiger partial charge in [-0.2, -0.15) is 0 Å². The predicted molar refractivity (Wildman–Crippen MR) is 65.7 cm³/mol. The lowest BCUT2D eigenvalue weighted by Crippen LogP contribution is -2.41. The van der Waals surface area contributed by atoms with E-state index in [0.717, 1.165) is 5.47 Å². The first-order valence-corrected chi connectivity index (χ1v) is 5.62. The average molecular weight is 216 g/mol. The summed E-state index contributed by atoms with van der Waals surface area (Å²) in [7, 11) is -0.262. The normalized spacial score (nSPS) is 25.8. The van der Waals surface area contributed by atoms with Crippen molar-refractivity contribution in [2.24, 2.45) is 0 Å². The maximum Gasteiger partial charge on any atom is 0.491 e. The van der Waals surface area contributed by atoms with Crippen LogP contribution in [-0.2, 0) is 9.31 Å². The molecule has 3 heteroatoms. The molecule has 1 fully saturated rings. The van der Waals surface area contributed by atoms with E-state index in [1.54, 1.807) is 0 Å². The molecule has 0 aromatic heterocycles. The fourth-order valence-electron chi connectivity index (χ4n) is 1.65. The molecule has 0 bridgehead atoms. The van der Waals surface area contributed by atoms with Crippen LogP contribution in [0.25, 0.3) is 0 Å². The molecule has 0 saturated carbocycles. The van der Waals surface area contributed by atoms with Gasteiger partial charge >= 0.3 is 7.12 Å². The lowest BCUT2D eigenvalue weighted by atomic mass is 9.76. The molecule has 84 valence electrons. The van der Waals surface area contributed by atoms with Crippen LogP contribution in [0.15, 0.2) is 23.7 Å². The zero-order valence-electron chi connectivity index (χ0n) is 10.3. The van der Waals surface area contributed by atoms with Gasteiger partial charge < -0.3 is 9.31 Å². The Balaban J connectivity index is 2.19. The van der Waals surface area contributed by atoms with E-state index in [0.29, 0.717) is 6.42 Å². The second kappa shape index (κ2) is 3.80. The molecule has 0 aromatic carbocycles. The summed E-state index contributed by atoms with van der Waals surface area (Å²) in [6, 6.07) is 0. The van der Waals surface area contributed by atoms with Crippen LogP contribution in [0.2, 0.25) is 0 Å². The third kappa shape index (κ3) is 1.96. The topological polar surface area (TPSA) is 18.5 Å². The van der Waals surface area contributed by atoms with Gasteiger partial charge in [0.05, 0.1) is 11.2 Å². The molecule has 1 aliphatic heterocycles. The molecule has 0 N–H and O–H groups in total. The molecule has 0 radical (unpaired) electrons. The molecule has 0 spiro atoms. The summed E-state index contributed by atoms with van der Waals surface area (Å²) in [5.74, 6) is 6.01. The van der Waals surface area contributed by atoms with Crippen molar-refractivity contribution in [3.63, 3.8) is 0 Å². The minimum atomic E-state index is -0.276. The van der Waals surface area contributed by atoms with Crippen LogP contribution in [0.5, 0.6) is 0 Å². The van der Waals surface area contributed by atoms with Gasteiger partial charge in [0, 0.05) is 6.42 Å². The maximum absolute atomic E-state index is 5.97. The summed E-state index contributed by atoms with van der Waals surface area (Å²) < 4.78 is 11.9. The van der Waals surface area contributed by atoms with Gasteiger partial charge in [-0.15, -0.1) is 0 Å². The molecule has 0 aromatic rings. The standard InChI is InChI=1S/C13H17BO2/c1-12(2)13(3,4)16-14(15-12)11-9-7-5-6-8-10-11/h5,7,9H,10H2,1-4H3. The van der Waals surface area contributed by atoms with Gasteiger partial charge in [0.2, 0.25) is 0 Å². The third-order valence-corrected chi connectivity index (χ3v) is 3.44. The number of hydrogen-bond donors (Lipinski definition) is 0. The van der Waals surface area contributed by atoms with Crippen LogP contribution in [0.1, 0.15) is 34.1 Å². The van der Waals surface area contributed by atoms with Gasteiger partial charge in [-0.1, -0.05) is 24.0 Å².